The van der Waals surface area contributed by atoms with Crippen LogP contribution in [-0.2, 0) is 4.57 Å². The van der Waals surface area contributed by atoms with E-state index in [2.05, 4.69) is 9.51 Å². The molecule has 0 saturated heterocycles. The lowest BCUT2D eigenvalue weighted by Crippen LogP contribution is -1.94. The highest BCUT2D eigenvalue weighted by atomic mass is 35.5. The van der Waals surface area contributed by atoms with Crippen molar-refractivity contribution in [1.29, 1.82) is 0 Å². The summed E-state index contributed by atoms with van der Waals surface area (Å²) >= 11 is 5.93. The zero-order chi connectivity index (χ0) is 15.2. The average Bonchev–Trinajstić information content (AvgIpc) is 2.37. The van der Waals surface area contributed by atoms with Gasteiger partial charge in [-0.3, -0.25) is 9.79 Å². The van der Waals surface area contributed by atoms with E-state index in [1.54, 1.807) is 24.3 Å². The molecular weight excluding hydrogens is 315 g/mol. The van der Waals surface area contributed by atoms with Gasteiger partial charge in [-0.1, -0.05) is 11.6 Å². The second-order valence-corrected chi connectivity index (χ2v) is 6.05. The number of anilines is 1. The molecular formula is C13H10ClN2O4P. The molecule has 0 fully saturated rings. The van der Waals surface area contributed by atoms with Gasteiger partial charge in [-0.25, -0.2) is 9.55 Å². The van der Waals surface area contributed by atoms with Gasteiger partial charge in [-0.2, -0.15) is 0 Å². The van der Waals surface area contributed by atoms with Crippen LogP contribution in [0.15, 0.2) is 36.4 Å². The van der Waals surface area contributed by atoms with Gasteiger partial charge in [0.05, 0.1) is 16.7 Å². The number of fused-ring (bicyclic) bond motifs is 2. The van der Waals surface area contributed by atoms with Crippen molar-refractivity contribution in [3.63, 3.8) is 0 Å². The molecule has 0 aliphatic heterocycles. The third-order valence-corrected chi connectivity index (χ3v) is 3.66. The normalized spacial score (nSPS) is 12.0. The summed E-state index contributed by atoms with van der Waals surface area (Å²) in [6, 6.07) is 9.60. The monoisotopic (exact) mass is 324 g/mol. The van der Waals surface area contributed by atoms with Crippen molar-refractivity contribution >= 4 is 46.9 Å². The maximum Gasteiger partial charge on any atom is 0.524 e. The fraction of sp³-hybridized carbons (Fsp3) is 0. The van der Waals surface area contributed by atoms with Crippen LogP contribution in [0.2, 0.25) is 5.02 Å². The van der Waals surface area contributed by atoms with Crippen LogP contribution in [0.3, 0.4) is 0 Å². The lowest BCUT2D eigenvalue weighted by Gasteiger charge is -2.10. The molecule has 6 nitrogen and oxygen atoms in total. The Morgan fingerprint density at radius 3 is 2.57 bits per heavy atom. The van der Waals surface area contributed by atoms with Gasteiger partial charge in [0, 0.05) is 15.8 Å². The molecule has 0 amide bonds. The Hall–Kier alpha value is -1.85. The van der Waals surface area contributed by atoms with Crippen LogP contribution >= 0.6 is 19.4 Å². The first-order valence-corrected chi connectivity index (χ1v) is 7.78. The number of nitrogen functional groups attached to an aromatic ring is 1. The first-order chi connectivity index (χ1) is 9.83. The summed E-state index contributed by atoms with van der Waals surface area (Å²) in [5.41, 5.74) is 7.78. The van der Waals surface area contributed by atoms with Gasteiger partial charge < -0.3 is 10.3 Å². The van der Waals surface area contributed by atoms with E-state index in [9.17, 15) is 4.57 Å². The fourth-order valence-corrected chi connectivity index (χ4v) is 2.68. The maximum absolute atomic E-state index is 10.9. The fourth-order valence-electron chi connectivity index (χ4n) is 2.12. The van der Waals surface area contributed by atoms with Gasteiger partial charge >= 0.3 is 7.82 Å². The van der Waals surface area contributed by atoms with Crippen LogP contribution in [0.4, 0.5) is 5.69 Å². The van der Waals surface area contributed by atoms with Gasteiger partial charge in [0.15, 0.2) is 0 Å². The summed E-state index contributed by atoms with van der Waals surface area (Å²) in [5.74, 6) is 0.0256. The number of hydrogen-bond donors (Lipinski definition) is 3. The van der Waals surface area contributed by atoms with E-state index in [4.69, 9.17) is 27.1 Å². The third kappa shape index (κ3) is 2.80. The minimum atomic E-state index is -4.61. The highest BCUT2D eigenvalue weighted by Crippen LogP contribution is 2.39. The number of phosphoric ester groups is 1. The van der Waals surface area contributed by atoms with Crippen molar-refractivity contribution in [2.24, 2.45) is 0 Å². The largest absolute Gasteiger partial charge is 0.524 e. The molecule has 2 aromatic carbocycles. The Kier molecular flexibility index (Phi) is 3.26. The van der Waals surface area contributed by atoms with Crippen LogP contribution in [0.1, 0.15) is 0 Å². The molecule has 21 heavy (non-hydrogen) atoms. The van der Waals surface area contributed by atoms with Crippen molar-refractivity contribution in [3.8, 4) is 5.75 Å². The van der Waals surface area contributed by atoms with Gasteiger partial charge in [-0.05, 0) is 36.4 Å². The standard InChI is InChI=1S/C13H10ClN2O4P/c14-7-1-3-9-12(5-7)16-11-4-2-8(20-21(17,18)19)6-10(11)13(9)15/h1-6H,(H2,15,16)(H2,17,18,19). The van der Waals surface area contributed by atoms with E-state index in [0.717, 1.165) is 0 Å². The molecule has 0 radical (unpaired) electrons. The van der Waals surface area contributed by atoms with Crippen molar-refractivity contribution in [3.05, 3.63) is 41.4 Å². The van der Waals surface area contributed by atoms with E-state index < -0.39 is 7.82 Å². The number of pyridine rings is 1. The predicted octanol–water partition coefficient (Wildman–Crippen LogP) is 3.10. The Morgan fingerprint density at radius 1 is 1.10 bits per heavy atom. The molecule has 3 rings (SSSR count). The topological polar surface area (TPSA) is 106 Å². The highest BCUT2D eigenvalue weighted by molar-refractivity contribution is 7.46. The number of nitrogens with zero attached hydrogens (tertiary/aromatic N) is 1. The molecule has 0 atom stereocenters. The van der Waals surface area contributed by atoms with E-state index >= 15 is 0 Å². The van der Waals surface area contributed by atoms with Crippen LogP contribution in [-0.4, -0.2) is 14.8 Å². The van der Waals surface area contributed by atoms with E-state index in [1.807, 2.05) is 0 Å². The van der Waals surface area contributed by atoms with Gasteiger partial charge in [0.25, 0.3) is 0 Å². The average molecular weight is 325 g/mol. The molecule has 0 unspecified atom stereocenters. The van der Waals surface area contributed by atoms with Gasteiger partial charge in [-0.15, -0.1) is 0 Å². The number of phosphoric acid groups is 1. The summed E-state index contributed by atoms with van der Waals surface area (Å²) in [4.78, 5) is 22.1. The van der Waals surface area contributed by atoms with Crippen LogP contribution < -0.4 is 10.3 Å². The molecule has 4 N–H and O–H groups in total. The Bertz CT molecular complexity index is 909. The lowest BCUT2D eigenvalue weighted by atomic mass is 10.1. The minimum Gasteiger partial charge on any atom is -0.404 e. The second-order valence-electron chi connectivity index (χ2n) is 4.45. The summed E-state index contributed by atoms with van der Waals surface area (Å²) in [7, 11) is -4.61. The summed E-state index contributed by atoms with van der Waals surface area (Å²) in [6.07, 6.45) is 0. The van der Waals surface area contributed by atoms with E-state index in [-0.39, 0.29) is 5.75 Å². The number of rotatable bonds is 2. The van der Waals surface area contributed by atoms with Crippen LogP contribution in [0.5, 0.6) is 5.75 Å². The molecule has 1 aromatic heterocycles. The maximum atomic E-state index is 10.9. The molecule has 0 spiro atoms. The quantitative estimate of drug-likeness (QED) is 0.494. The summed E-state index contributed by atoms with van der Waals surface area (Å²) in [5, 5.41) is 1.81. The van der Waals surface area contributed by atoms with Crippen molar-refractivity contribution < 1.29 is 18.9 Å². The summed E-state index contributed by atoms with van der Waals surface area (Å²) < 4.78 is 15.4. The number of halogens is 1. The molecule has 1 heterocycles. The molecule has 0 saturated carbocycles. The molecule has 0 bridgehead atoms. The SMILES string of the molecule is Nc1c2ccc(Cl)cc2nc2ccc(OP(=O)(O)O)cc12. The predicted molar refractivity (Wildman–Crippen MR) is 81.3 cm³/mol. The highest BCUT2D eigenvalue weighted by Gasteiger charge is 2.17. The Morgan fingerprint density at radius 2 is 1.86 bits per heavy atom. The Balaban J connectivity index is 2.26. The number of hydrogen-bond acceptors (Lipinski definition) is 4. The third-order valence-electron chi connectivity index (χ3n) is 2.97. The van der Waals surface area contributed by atoms with E-state index in [1.165, 1.54) is 12.1 Å². The van der Waals surface area contributed by atoms with Gasteiger partial charge in [0.1, 0.15) is 5.75 Å². The molecule has 8 heteroatoms. The molecule has 0 aliphatic rings. The number of nitrogens with two attached hydrogens (primary N) is 1. The molecule has 0 aliphatic carbocycles. The minimum absolute atomic E-state index is 0.0256. The second kappa shape index (κ2) is 4.86. The van der Waals surface area contributed by atoms with Crippen molar-refractivity contribution in [2.45, 2.75) is 0 Å². The smallest absolute Gasteiger partial charge is 0.404 e. The first-order valence-electron chi connectivity index (χ1n) is 5.87. The van der Waals surface area contributed by atoms with Crippen molar-refractivity contribution in [1.82, 2.24) is 4.98 Å². The lowest BCUT2D eigenvalue weighted by molar-refractivity contribution is 0.283. The van der Waals surface area contributed by atoms with Crippen molar-refractivity contribution in [2.75, 3.05) is 5.73 Å². The number of aromatic nitrogens is 1. The zero-order valence-electron chi connectivity index (χ0n) is 10.5. The Labute approximate surface area is 124 Å². The van der Waals surface area contributed by atoms with Gasteiger partial charge in [0.2, 0.25) is 0 Å². The zero-order valence-corrected chi connectivity index (χ0v) is 12.2. The number of benzene rings is 2. The first kappa shape index (κ1) is 14.1. The molecule has 108 valence electrons. The van der Waals surface area contributed by atoms with E-state index in [0.29, 0.717) is 32.5 Å². The summed E-state index contributed by atoms with van der Waals surface area (Å²) in [6.45, 7) is 0. The molecule has 3 aromatic rings. The van der Waals surface area contributed by atoms with Crippen LogP contribution in [0.25, 0.3) is 21.8 Å². The van der Waals surface area contributed by atoms with Crippen LogP contribution in [0, 0.1) is 0 Å².